The number of hydrogen-bond donors (Lipinski definition) is 1. The van der Waals surface area contributed by atoms with Gasteiger partial charge in [-0.15, -0.1) is 0 Å². The van der Waals surface area contributed by atoms with Crippen molar-refractivity contribution in [3.05, 3.63) is 87.8 Å². The second kappa shape index (κ2) is 8.47. The Kier molecular flexibility index (Phi) is 6.06. The molecular formula is C20H18BrNO3S. The lowest BCUT2D eigenvalue weighted by Crippen LogP contribution is -2.22. The van der Waals surface area contributed by atoms with Gasteiger partial charge in [0.25, 0.3) is 5.91 Å². The van der Waals surface area contributed by atoms with Crippen molar-refractivity contribution in [2.24, 2.45) is 0 Å². The Labute approximate surface area is 163 Å². The van der Waals surface area contributed by atoms with E-state index in [-0.39, 0.29) is 17.4 Å². The summed E-state index contributed by atoms with van der Waals surface area (Å²) in [7, 11) is -1.23. The summed E-state index contributed by atoms with van der Waals surface area (Å²) in [6.07, 6.45) is 0. The number of benzene rings is 2. The molecule has 0 aliphatic carbocycles. The van der Waals surface area contributed by atoms with E-state index in [2.05, 4.69) is 21.2 Å². The van der Waals surface area contributed by atoms with Crippen molar-refractivity contribution >= 4 is 32.6 Å². The summed E-state index contributed by atoms with van der Waals surface area (Å²) in [5.74, 6) is 0.690. The summed E-state index contributed by atoms with van der Waals surface area (Å²) >= 11 is 3.35. The van der Waals surface area contributed by atoms with Crippen LogP contribution in [0.4, 0.5) is 0 Å². The number of carbonyl (C=O) groups excluding carboxylic acids is 1. The van der Waals surface area contributed by atoms with Crippen molar-refractivity contribution in [2.75, 3.05) is 0 Å². The molecule has 0 aliphatic rings. The van der Waals surface area contributed by atoms with Crippen molar-refractivity contribution in [3.63, 3.8) is 0 Å². The molecule has 26 heavy (non-hydrogen) atoms. The monoisotopic (exact) mass is 431 g/mol. The van der Waals surface area contributed by atoms with E-state index in [0.717, 1.165) is 20.5 Å². The van der Waals surface area contributed by atoms with Gasteiger partial charge in [0.2, 0.25) is 0 Å². The standard InChI is InChI=1S/C20H18BrNO3S/c1-14-4-2-3-5-15(14)12-22-20(23)19-11-8-17(25-19)13-26(24)18-9-6-16(21)7-10-18/h2-11H,12-13H2,1H3,(H,22,23)/t26-/m0/s1. The van der Waals surface area contributed by atoms with E-state index in [4.69, 9.17) is 4.42 Å². The predicted octanol–water partition coefficient (Wildman–Crippen LogP) is 4.59. The van der Waals surface area contributed by atoms with E-state index in [1.54, 1.807) is 24.3 Å². The van der Waals surface area contributed by atoms with Gasteiger partial charge in [-0.3, -0.25) is 9.00 Å². The van der Waals surface area contributed by atoms with Crippen LogP contribution in [0.15, 0.2) is 74.4 Å². The highest BCUT2D eigenvalue weighted by atomic mass is 79.9. The molecule has 0 fully saturated rings. The van der Waals surface area contributed by atoms with Crippen molar-refractivity contribution in [3.8, 4) is 0 Å². The predicted molar refractivity (Wildman–Crippen MR) is 105 cm³/mol. The van der Waals surface area contributed by atoms with Crippen LogP contribution in [-0.4, -0.2) is 10.1 Å². The Morgan fingerprint density at radius 2 is 1.81 bits per heavy atom. The van der Waals surface area contributed by atoms with Gasteiger partial charge in [0.15, 0.2) is 5.76 Å². The van der Waals surface area contributed by atoms with Crippen LogP contribution in [0.2, 0.25) is 0 Å². The number of rotatable bonds is 6. The van der Waals surface area contributed by atoms with Crippen LogP contribution >= 0.6 is 15.9 Å². The SMILES string of the molecule is Cc1ccccc1CNC(=O)c1ccc(C[S@](=O)c2ccc(Br)cc2)o1. The van der Waals surface area contributed by atoms with Gasteiger partial charge in [0.1, 0.15) is 5.76 Å². The van der Waals surface area contributed by atoms with E-state index in [1.807, 2.05) is 43.3 Å². The van der Waals surface area contributed by atoms with E-state index in [1.165, 1.54) is 0 Å². The van der Waals surface area contributed by atoms with Crippen molar-refractivity contribution in [2.45, 2.75) is 24.1 Å². The van der Waals surface area contributed by atoms with Gasteiger partial charge in [-0.1, -0.05) is 40.2 Å². The van der Waals surface area contributed by atoms with Gasteiger partial charge in [-0.05, 0) is 54.4 Å². The molecule has 1 N–H and O–H groups in total. The molecule has 0 saturated carbocycles. The topological polar surface area (TPSA) is 59.3 Å². The summed E-state index contributed by atoms with van der Waals surface area (Å²) in [6, 6.07) is 18.5. The molecule has 0 radical (unpaired) electrons. The second-order valence-corrected chi connectivity index (χ2v) is 8.19. The smallest absolute Gasteiger partial charge is 0.287 e. The molecule has 1 atom stereocenters. The summed E-state index contributed by atoms with van der Waals surface area (Å²) < 4.78 is 18.9. The second-order valence-electron chi connectivity index (χ2n) is 5.82. The first-order valence-corrected chi connectivity index (χ1v) is 10.2. The minimum Gasteiger partial charge on any atom is -0.455 e. The normalized spacial score (nSPS) is 11.9. The first kappa shape index (κ1) is 18.6. The molecular weight excluding hydrogens is 414 g/mol. The van der Waals surface area contributed by atoms with Crippen LogP contribution in [0.5, 0.6) is 0 Å². The zero-order chi connectivity index (χ0) is 18.5. The third kappa shape index (κ3) is 4.71. The fraction of sp³-hybridized carbons (Fsp3) is 0.150. The molecule has 3 aromatic rings. The number of aryl methyl sites for hydroxylation is 1. The number of nitrogens with one attached hydrogen (secondary N) is 1. The van der Waals surface area contributed by atoms with Gasteiger partial charge in [-0.2, -0.15) is 0 Å². The molecule has 0 bridgehead atoms. The van der Waals surface area contributed by atoms with Crippen LogP contribution in [0, 0.1) is 6.92 Å². The largest absolute Gasteiger partial charge is 0.455 e. The summed E-state index contributed by atoms with van der Waals surface area (Å²) in [5, 5.41) is 2.85. The lowest BCUT2D eigenvalue weighted by atomic mass is 10.1. The molecule has 134 valence electrons. The number of amides is 1. The minimum absolute atomic E-state index is 0.224. The molecule has 0 saturated heterocycles. The third-order valence-corrected chi connectivity index (χ3v) is 5.81. The maximum Gasteiger partial charge on any atom is 0.287 e. The highest BCUT2D eigenvalue weighted by molar-refractivity contribution is 9.10. The highest BCUT2D eigenvalue weighted by Gasteiger charge is 2.14. The van der Waals surface area contributed by atoms with E-state index in [9.17, 15) is 9.00 Å². The number of carbonyl (C=O) groups is 1. The van der Waals surface area contributed by atoms with Crippen molar-refractivity contribution in [1.29, 1.82) is 0 Å². The van der Waals surface area contributed by atoms with E-state index in [0.29, 0.717) is 12.3 Å². The van der Waals surface area contributed by atoms with Crippen LogP contribution < -0.4 is 5.32 Å². The van der Waals surface area contributed by atoms with Crippen molar-refractivity contribution in [1.82, 2.24) is 5.32 Å². The van der Waals surface area contributed by atoms with Crippen LogP contribution in [0.3, 0.4) is 0 Å². The lowest BCUT2D eigenvalue weighted by Gasteiger charge is -2.06. The first-order valence-electron chi connectivity index (χ1n) is 8.08. The van der Waals surface area contributed by atoms with Gasteiger partial charge >= 0.3 is 0 Å². The molecule has 0 spiro atoms. The van der Waals surface area contributed by atoms with Gasteiger partial charge < -0.3 is 9.73 Å². The molecule has 6 heteroatoms. The molecule has 0 unspecified atom stereocenters. The van der Waals surface area contributed by atoms with Crippen LogP contribution in [0.1, 0.15) is 27.4 Å². The molecule has 1 aromatic heterocycles. The molecule has 3 rings (SSSR count). The zero-order valence-electron chi connectivity index (χ0n) is 14.2. The first-order chi connectivity index (χ1) is 12.5. The maximum absolute atomic E-state index is 12.4. The number of furan rings is 1. The Bertz CT molecular complexity index is 934. The number of halogens is 1. The fourth-order valence-corrected chi connectivity index (χ4v) is 3.73. The average molecular weight is 432 g/mol. The lowest BCUT2D eigenvalue weighted by molar-refractivity contribution is 0.0921. The maximum atomic E-state index is 12.4. The average Bonchev–Trinajstić information content (AvgIpc) is 3.10. The molecule has 2 aromatic carbocycles. The summed E-state index contributed by atoms with van der Waals surface area (Å²) in [6.45, 7) is 2.44. The zero-order valence-corrected chi connectivity index (χ0v) is 16.6. The number of hydrogen-bond acceptors (Lipinski definition) is 3. The molecule has 4 nitrogen and oxygen atoms in total. The summed E-state index contributed by atoms with van der Waals surface area (Å²) in [5.41, 5.74) is 2.18. The van der Waals surface area contributed by atoms with Crippen molar-refractivity contribution < 1.29 is 13.4 Å². The van der Waals surface area contributed by atoms with E-state index >= 15 is 0 Å². The summed E-state index contributed by atoms with van der Waals surface area (Å²) in [4.78, 5) is 13.0. The Morgan fingerprint density at radius 1 is 1.08 bits per heavy atom. The Morgan fingerprint density at radius 3 is 2.54 bits per heavy atom. The highest BCUT2D eigenvalue weighted by Crippen LogP contribution is 2.18. The minimum atomic E-state index is -1.23. The van der Waals surface area contributed by atoms with Gasteiger partial charge in [0.05, 0.1) is 16.6 Å². The Hall–Kier alpha value is -2.18. The van der Waals surface area contributed by atoms with E-state index < -0.39 is 10.8 Å². The quantitative estimate of drug-likeness (QED) is 0.620. The third-order valence-electron chi connectivity index (χ3n) is 3.94. The molecule has 1 heterocycles. The van der Waals surface area contributed by atoms with Crippen LogP contribution in [0.25, 0.3) is 0 Å². The molecule has 1 amide bonds. The Balaban J connectivity index is 1.60. The van der Waals surface area contributed by atoms with Gasteiger partial charge in [0, 0.05) is 15.9 Å². The van der Waals surface area contributed by atoms with Crippen LogP contribution in [-0.2, 0) is 23.1 Å². The fourth-order valence-electron chi connectivity index (χ4n) is 2.45. The molecule has 0 aliphatic heterocycles. The van der Waals surface area contributed by atoms with Gasteiger partial charge in [-0.25, -0.2) is 0 Å².